The topological polar surface area (TPSA) is 103 Å². The first-order valence-electron chi connectivity index (χ1n) is 5.50. The maximum Gasteiger partial charge on any atom is 0.253 e. The van der Waals surface area contributed by atoms with Crippen molar-refractivity contribution in [3.63, 3.8) is 0 Å². The molecule has 0 aromatic carbocycles. The van der Waals surface area contributed by atoms with E-state index in [1.807, 2.05) is 6.92 Å². The Morgan fingerprint density at radius 3 is 2.79 bits per heavy atom. The van der Waals surface area contributed by atoms with Crippen LogP contribution in [0.2, 0.25) is 0 Å². The Morgan fingerprint density at radius 1 is 1.47 bits per heavy atom. The summed E-state index contributed by atoms with van der Waals surface area (Å²) < 4.78 is 4.93. The molecule has 0 unspecified atom stereocenters. The van der Waals surface area contributed by atoms with Crippen molar-refractivity contribution in [2.24, 2.45) is 0 Å². The van der Waals surface area contributed by atoms with Gasteiger partial charge in [-0.3, -0.25) is 4.79 Å². The average Bonchev–Trinajstić information content (AvgIpc) is 2.85. The molecule has 2 heterocycles. The first-order chi connectivity index (χ1) is 9.10. The Labute approximate surface area is 113 Å². The fraction of sp³-hybridized carbons (Fsp3) is 0.273. The number of anilines is 1. The number of nitrogens with zero attached hydrogens (tertiary/aromatic N) is 3. The molecule has 0 aliphatic carbocycles. The molecule has 1 amide bonds. The third-order valence-electron chi connectivity index (χ3n) is 2.38. The van der Waals surface area contributed by atoms with Crippen LogP contribution in [0.15, 0.2) is 18.3 Å². The summed E-state index contributed by atoms with van der Waals surface area (Å²) in [5, 5.41) is 11.4. The molecule has 0 aliphatic rings. The summed E-state index contributed by atoms with van der Waals surface area (Å²) in [6.07, 6.45) is 1.45. The van der Waals surface area contributed by atoms with Gasteiger partial charge < -0.3 is 15.8 Å². The summed E-state index contributed by atoms with van der Waals surface area (Å²) in [5.41, 5.74) is 5.95. The molecule has 7 nitrogen and oxygen atoms in total. The Balaban J connectivity index is 2.03. The van der Waals surface area contributed by atoms with Gasteiger partial charge in [-0.15, -0.1) is 10.2 Å². The van der Waals surface area contributed by atoms with Crippen LogP contribution in [0, 0.1) is 0 Å². The van der Waals surface area contributed by atoms with E-state index in [1.54, 1.807) is 12.1 Å². The maximum atomic E-state index is 12.0. The van der Waals surface area contributed by atoms with Crippen molar-refractivity contribution in [2.75, 3.05) is 12.8 Å². The molecule has 0 saturated carbocycles. The van der Waals surface area contributed by atoms with Crippen molar-refractivity contribution in [3.8, 4) is 5.88 Å². The lowest BCUT2D eigenvalue weighted by Gasteiger charge is -2.10. The predicted molar refractivity (Wildman–Crippen MR) is 71.0 cm³/mol. The number of carbonyl (C=O) groups is 1. The highest BCUT2D eigenvalue weighted by Gasteiger charge is 2.15. The Bertz CT molecular complexity index is 569. The fourth-order valence-corrected chi connectivity index (χ4v) is 2.01. The minimum Gasteiger partial charge on any atom is -0.481 e. The molecule has 8 heteroatoms. The van der Waals surface area contributed by atoms with Crippen LogP contribution >= 0.6 is 11.3 Å². The van der Waals surface area contributed by atoms with E-state index < -0.39 is 0 Å². The van der Waals surface area contributed by atoms with E-state index in [0.717, 1.165) is 0 Å². The molecule has 0 radical (unpaired) electrons. The molecule has 0 spiro atoms. The molecule has 0 fully saturated rings. The second kappa shape index (κ2) is 5.61. The number of nitrogens with two attached hydrogens (primary N) is 1. The highest BCUT2D eigenvalue weighted by Crippen LogP contribution is 2.19. The van der Waals surface area contributed by atoms with E-state index in [-0.39, 0.29) is 11.9 Å². The van der Waals surface area contributed by atoms with E-state index in [2.05, 4.69) is 20.5 Å². The molecule has 2 rings (SSSR count). The van der Waals surface area contributed by atoms with Crippen LogP contribution in [0.4, 0.5) is 5.13 Å². The van der Waals surface area contributed by atoms with Gasteiger partial charge in [0.05, 0.1) is 18.7 Å². The number of methoxy groups -OCH3 is 1. The number of carbonyl (C=O) groups excluding carboxylic acids is 1. The van der Waals surface area contributed by atoms with Gasteiger partial charge in [-0.1, -0.05) is 11.3 Å². The highest BCUT2D eigenvalue weighted by molar-refractivity contribution is 7.15. The molecule has 1 atom stereocenters. The van der Waals surface area contributed by atoms with Gasteiger partial charge in [0.25, 0.3) is 5.91 Å². The lowest BCUT2D eigenvalue weighted by molar-refractivity contribution is 0.0939. The summed E-state index contributed by atoms with van der Waals surface area (Å²) in [4.78, 5) is 15.9. The Morgan fingerprint density at radius 2 is 2.26 bits per heavy atom. The van der Waals surface area contributed by atoms with E-state index >= 15 is 0 Å². The summed E-state index contributed by atoms with van der Waals surface area (Å²) in [6.45, 7) is 1.81. The summed E-state index contributed by atoms with van der Waals surface area (Å²) >= 11 is 1.24. The van der Waals surface area contributed by atoms with Gasteiger partial charge in [0.15, 0.2) is 0 Å². The van der Waals surface area contributed by atoms with Crippen LogP contribution in [-0.2, 0) is 0 Å². The van der Waals surface area contributed by atoms with Gasteiger partial charge in [-0.05, 0) is 13.0 Å². The van der Waals surface area contributed by atoms with Crippen LogP contribution in [0.5, 0.6) is 5.88 Å². The summed E-state index contributed by atoms with van der Waals surface area (Å²) in [7, 11) is 1.52. The largest absolute Gasteiger partial charge is 0.481 e. The Hall–Kier alpha value is -2.22. The second-order valence-electron chi connectivity index (χ2n) is 3.76. The molecule has 0 bridgehead atoms. The van der Waals surface area contributed by atoms with Crippen molar-refractivity contribution < 1.29 is 9.53 Å². The number of pyridine rings is 1. The first-order valence-corrected chi connectivity index (χ1v) is 6.31. The molecule has 0 saturated heterocycles. The lowest BCUT2D eigenvalue weighted by Crippen LogP contribution is -2.26. The number of hydrogen-bond donors (Lipinski definition) is 2. The van der Waals surface area contributed by atoms with Crippen LogP contribution in [0.3, 0.4) is 0 Å². The molecular weight excluding hydrogens is 266 g/mol. The number of rotatable bonds is 4. The third kappa shape index (κ3) is 3.16. The highest BCUT2D eigenvalue weighted by atomic mass is 32.1. The zero-order chi connectivity index (χ0) is 13.8. The summed E-state index contributed by atoms with van der Waals surface area (Å²) in [5.74, 6) is 0.220. The summed E-state index contributed by atoms with van der Waals surface area (Å²) in [6, 6.07) is 3.01. The van der Waals surface area contributed by atoms with E-state index in [4.69, 9.17) is 10.5 Å². The average molecular weight is 279 g/mol. The van der Waals surface area contributed by atoms with Gasteiger partial charge in [-0.25, -0.2) is 4.98 Å². The van der Waals surface area contributed by atoms with Gasteiger partial charge >= 0.3 is 0 Å². The number of nitrogens with one attached hydrogen (secondary N) is 1. The SMILES string of the molecule is COc1ccc(C(=O)N[C@@H](C)c2nnc(N)s2)cn1. The molecule has 19 heavy (non-hydrogen) atoms. The van der Waals surface area contributed by atoms with Crippen LogP contribution < -0.4 is 15.8 Å². The number of amides is 1. The number of hydrogen-bond acceptors (Lipinski definition) is 7. The molecule has 0 aliphatic heterocycles. The number of aromatic nitrogens is 3. The van der Waals surface area contributed by atoms with Gasteiger partial charge in [-0.2, -0.15) is 0 Å². The third-order valence-corrected chi connectivity index (χ3v) is 3.32. The standard InChI is InChI=1S/C11H13N5O2S/c1-6(10-15-16-11(12)19-10)14-9(17)7-3-4-8(18-2)13-5-7/h3-6H,1-2H3,(H2,12,16)(H,14,17)/t6-/m0/s1. The zero-order valence-electron chi connectivity index (χ0n) is 10.5. The molecule has 2 aromatic rings. The maximum absolute atomic E-state index is 12.0. The normalized spacial score (nSPS) is 11.9. The van der Waals surface area contributed by atoms with Crippen molar-refractivity contribution in [1.82, 2.24) is 20.5 Å². The predicted octanol–water partition coefficient (Wildman–Crippen LogP) is 1.01. The Kier molecular flexibility index (Phi) is 3.91. The lowest BCUT2D eigenvalue weighted by atomic mass is 10.2. The minimum atomic E-state index is -0.260. The molecule has 3 N–H and O–H groups in total. The van der Waals surface area contributed by atoms with Gasteiger partial charge in [0.1, 0.15) is 5.01 Å². The number of ether oxygens (including phenoxy) is 1. The number of nitrogen functional groups attached to an aromatic ring is 1. The molecule has 100 valence electrons. The van der Waals surface area contributed by atoms with Crippen LogP contribution in [0.25, 0.3) is 0 Å². The van der Waals surface area contributed by atoms with Crippen molar-refractivity contribution >= 4 is 22.4 Å². The first kappa shape index (κ1) is 13.2. The molecule has 2 aromatic heterocycles. The van der Waals surface area contributed by atoms with Crippen LogP contribution in [0.1, 0.15) is 28.3 Å². The minimum absolute atomic E-state index is 0.239. The van der Waals surface area contributed by atoms with Crippen molar-refractivity contribution in [1.29, 1.82) is 0 Å². The smallest absolute Gasteiger partial charge is 0.253 e. The van der Waals surface area contributed by atoms with Crippen LogP contribution in [-0.4, -0.2) is 28.2 Å². The second-order valence-corrected chi connectivity index (χ2v) is 4.80. The monoisotopic (exact) mass is 279 g/mol. The van der Waals surface area contributed by atoms with Crippen molar-refractivity contribution in [3.05, 3.63) is 28.9 Å². The van der Waals surface area contributed by atoms with Crippen molar-refractivity contribution in [2.45, 2.75) is 13.0 Å². The zero-order valence-corrected chi connectivity index (χ0v) is 11.3. The van der Waals surface area contributed by atoms with E-state index in [0.29, 0.717) is 21.6 Å². The van der Waals surface area contributed by atoms with Gasteiger partial charge in [0, 0.05) is 12.3 Å². The van der Waals surface area contributed by atoms with Gasteiger partial charge in [0.2, 0.25) is 11.0 Å². The quantitative estimate of drug-likeness (QED) is 0.866. The fourth-order valence-electron chi connectivity index (χ4n) is 1.40. The molecular formula is C11H13N5O2S. The van der Waals surface area contributed by atoms with E-state index in [9.17, 15) is 4.79 Å². The van der Waals surface area contributed by atoms with E-state index in [1.165, 1.54) is 24.6 Å².